The summed E-state index contributed by atoms with van der Waals surface area (Å²) in [6, 6.07) is 6.23. The van der Waals surface area contributed by atoms with Crippen LogP contribution in [0.5, 0.6) is 0 Å². The molecule has 0 spiro atoms. The van der Waals surface area contributed by atoms with Crippen LogP contribution < -0.4 is 10.0 Å². The van der Waals surface area contributed by atoms with Crippen LogP contribution in [0.25, 0.3) is 0 Å². The number of hydrogen-bond acceptors (Lipinski definition) is 6. The van der Waals surface area contributed by atoms with Crippen LogP contribution >= 0.6 is 0 Å². The molecule has 0 saturated carbocycles. The smallest absolute Gasteiger partial charge is 0.407 e. The van der Waals surface area contributed by atoms with E-state index in [1.165, 1.54) is 0 Å². The molecule has 10 nitrogen and oxygen atoms in total. The summed E-state index contributed by atoms with van der Waals surface area (Å²) in [7, 11) is -3.38. The molecule has 178 valence electrons. The Morgan fingerprint density at radius 2 is 1.59 bits per heavy atom. The number of nitrogens with one attached hydrogen (secondary N) is 2. The number of amides is 3. The molecule has 1 aromatic rings. The van der Waals surface area contributed by atoms with Gasteiger partial charge in [-0.15, -0.1) is 0 Å². The Balaban J connectivity index is 1.83. The van der Waals surface area contributed by atoms with Gasteiger partial charge in [-0.25, -0.2) is 13.2 Å². The zero-order valence-electron chi connectivity index (χ0n) is 19.0. The number of benzene rings is 1. The average Bonchev–Trinajstić information content (AvgIpc) is 2.91. The molecule has 3 amide bonds. The van der Waals surface area contributed by atoms with E-state index in [0.717, 1.165) is 6.26 Å². The van der Waals surface area contributed by atoms with E-state index in [0.29, 0.717) is 43.9 Å². The van der Waals surface area contributed by atoms with Crippen molar-refractivity contribution in [3.63, 3.8) is 0 Å². The average molecular weight is 469 g/mol. The molecule has 1 heterocycles. The number of carbonyl (C=O) groups excluding carboxylic acids is 3. The third-order valence-electron chi connectivity index (χ3n) is 4.58. The first-order valence-corrected chi connectivity index (χ1v) is 12.3. The molecule has 32 heavy (non-hydrogen) atoms. The van der Waals surface area contributed by atoms with E-state index in [9.17, 15) is 22.8 Å². The first-order chi connectivity index (χ1) is 14.8. The molecule has 0 atom stereocenters. The van der Waals surface area contributed by atoms with E-state index in [1.54, 1.807) is 54.8 Å². The van der Waals surface area contributed by atoms with E-state index < -0.39 is 21.7 Å². The fraction of sp³-hybridized carbons (Fsp3) is 0.571. The minimum Gasteiger partial charge on any atom is -0.444 e. The Morgan fingerprint density at radius 3 is 2.19 bits per heavy atom. The molecule has 1 fully saturated rings. The second-order valence-electron chi connectivity index (χ2n) is 8.66. The van der Waals surface area contributed by atoms with Crippen molar-refractivity contribution in [1.82, 2.24) is 15.1 Å². The van der Waals surface area contributed by atoms with Crippen LogP contribution in [0.4, 0.5) is 10.5 Å². The number of alkyl carbamates (subject to hydrolysis) is 1. The predicted octanol–water partition coefficient (Wildman–Crippen LogP) is 1.65. The van der Waals surface area contributed by atoms with E-state index >= 15 is 0 Å². The second kappa shape index (κ2) is 10.7. The minimum absolute atomic E-state index is 0.0911. The van der Waals surface area contributed by atoms with Gasteiger partial charge >= 0.3 is 6.09 Å². The van der Waals surface area contributed by atoms with Gasteiger partial charge < -0.3 is 19.9 Å². The number of rotatable bonds is 6. The molecule has 2 rings (SSSR count). The van der Waals surface area contributed by atoms with E-state index in [4.69, 9.17) is 4.74 Å². The maximum absolute atomic E-state index is 12.8. The maximum atomic E-state index is 12.8. The Labute approximate surface area is 189 Å². The molecule has 0 bridgehead atoms. The Bertz CT molecular complexity index is 925. The molecule has 0 aromatic heterocycles. The van der Waals surface area contributed by atoms with Crippen molar-refractivity contribution >= 4 is 33.6 Å². The predicted molar refractivity (Wildman–Crippen MR) is 121 cm³/mol. The first kappa shape index (κ1) is 25.4. The lowest BCUT2D eigenvalue weighted by Crippen LogP contribution is -2.39. The van der Waals surface area contributed by atoms with Crippen LogP contribution in [0.3, 0.4) is 0 Å². The van der Waals surface area contributed by atoms with Crippen LogP contribution in [-0.4, -0.2) is 80.7 Å². The van der Waals surface area contributed by atoms with Crippen LogP contribution in [0.1, 0.15) is 44.0 Å². The first-order valence-electron chi connectivity index (χ1n) is 10.5. The van der Waals surface area contributed by atoms with Gasteiger partial charge in [-0.1, -0.05) is 0 Å². The number of anilines is 1. The highest BCUT2D eigenvalue weighted by Crippen LogP contribution is 2.14. The fourth-order valence-electron chi connectivity index (χ4n) is 3.19. The van der Waals surface area contributed by atoms with Crippen molar-refractivity contribution in [3.05, 3.63) is 29.8 Å². The van der Waals surface area contributed by atoms with Gasteiger partial charge in [0, 0.05) is 50.4 Å². The summed E-state index contributed by atoms with van der Waals surface area (Å²) in [5, 5.41) is 2.58. The summed E-state index contributed by atoms with van der Waals surface area (Å²) < 4.78 is 30.1. The van der Waals surface area contributed by atoms with Crippen LogP contribution in [0.2, 0.25) is 0 Å². The Kier molecular flexibility index (Phi) is 8.48. The van der Waals surface area contributed by atoms with Crippen LogP contribution in [0.15, 0.2) is 24.3 Å². The van der Waals surface area contributed by atoms with Crippen molar-refractivity contribution in [3.8, 4) is 0 Å². The molecule has 11 heteroatoms. The van der Waals surface area contributed by atoms with Crippen molar-refractivity contribution in [2.75, 3.05) is 43.7 Å². The molecule has 2 N–H and O–H groups in total. The lowest BCUT2D eigenvalue weighted by Gasteiger charge is -2.23. The van der Waals surface area contributed by atoms with Gasteiger partial charge in [-0.05, 0) is 51.5 Å². The summed E-state index contributed by atoms with van der Waals surface area (Å²) in [5.41, 5.74) is 0.237. The molecule has 1 saturated heterocycles. The maximum Gasteiger partial charge on any atom is 0.407 e. The third-order valence-corrected chi connectivity index (χ3v) is 5.18. The van der Waals surface area contributed by atoms with Gasteiger partial charge in [0.15, 0.2) is 0 Å². The fourth-order valence-corrected chi connectivity index (χ4v) is 3.76. The Hall–Kier alpha value is -2.82. The minimum atomic E-state index is -3.38. The van der Waals surface area contributed by atoms with E-state index in [-0.39, 0.29) is 24.8 Å². The summed E-state index contributed by atoms with van der Waals surface area (Å²) in [5.74, 6) is -0.261. The Morgan fingerprint density at radius 1 is 1.00 bits per heavy atom. The highest BCUT2D eigenvalue weighted by atomic mass is 32.2. The number of ether oxygens (including phenoxy) is 1. The largest absolute Gasteiger partial charge is 0.444 e. The van der Waals surface area contributed by atoms with E-state index in [2.05, 4.69) is 10.0 Å². The lowest BCUT2D eigenvalue weighted by molar-refractivity contribution is -0.130. The molecular formula is C21H32N4O6S. The molecule has 0 radical (unpaired) electrons. The highest BCUT2D eigenvalue weighted by Gasteiger charge is 2.23. The van der Waals surface area contributed by atoms with Gasteiger partial charge in [-0.3, -0.25) is 14.3 Å². The topological polar surface area (TPSA) is 125 Å². The summed E-state index contributed by atoms with van der Waals surface area (Å²) in [6.07, 6.45) is 1.30. The summed E-state index contributed by atoms with van der Waals surface area (Å²) in [6.45, 7) is 7.34. The standard InChI is InChI=1S/C21H32N4O6S/c1-21(2,3)31-20(28)22-11-10-18(26)24-12-5-13-25(15-14-24)19(27)16-6-8-17(9-7-16)23-32(4,29)30/h6-9,23H,5,10-15H2,1-4H3,(H,22,28). The summed E-state index contributed by atoms with van der Waals surface area (Å²) >= 11 is 0. The van der Waals surface area contributed by atoms with Gasteiger partial charge in [0.25, 0.3) is 5.91 Å². The highest BCUT2D eigenvalue weighted by molar-refractivity contribution is 7.92. The van der Waals surface area contributed by atoms with Crippen molar-refractivity contribution < 1.29 is 27.5 Å². The number of sulfonamides is 1. The quantitative estimate of drug-likeness (QED) is 0.654. The van der Waals surface area contributed by atoms with Gasteiger partial charge in [0.05, 0.1) is 6.26 Å². The zero-order valence-corrected chi connectivity index (χ0v) is 19.8. The number of hydrogen-bond donors (Lipinski definition) is 2. The summed E-state index contributed by atoms with van der Waals surface area (Å²) in [4.78, 5) is 40.4. The van der Waals surface area contributed by atoms with Crippen molar-refractivity contribution in [2.24, 2.45) is 0 Å². The second-order valence-corrected chi connectivity index (χ2v) is 10.4. The van der Waals surface area contributed by atoms with Crippen LogP contribution in [0, 0.1) is 0 Å². The van der Waals surface area contributed by atoms with E-state index in [1.807, 2.05) is 0 Å². The van der Waals surface area contributed by atoms with Gasteiger partial charge in [-0.2, -0.15) is 0 Å². The molecule has 1 aliphatic heterocycles. The molecule has 1 aromatic carbocycles. The normalized spacial score (nSPS) is 15.0. The lowest BCUT2D eigenvalue weighted by atomic mass is 10.2. The zero-order chi connectivity index (χ0) is 23.9. The number of nitrogens with zero attached hydrogens (tertiary/aromatic N) is 2. The van der Waals surface area contributed by atoms with Crippen LogP contribution in [-0.2, 0) is 19.6 Å². The SMILES string of the molecule is CC(C)(C)OC(=O)NCCC(=O)N1CCCN(C(=O)c2ccc(NS(C)(=O)=O)cc2)CC1. The molecule has 0 unspecified atom stereocenters. The van der Waals surface area contributed by atoms with Crippen molar-refractivity contribution in [1.29, 1.82) is 0 Å². The molecular weight excluding hydrogens is 436 g/mol. The molecule has 1 aliphatic rings. The van der Waals surface area contributed by atoms with Crippen molar-refractivity contribution in [2.45, 2.75) is 39.2 Å². The van der Waals surface area contributed by atoms with Gasteiger partial charge in [0.2, 0.25) is 15.9 Å². The third kappa shape index (κ3) is 8.74. The molecule has 0 aliphatic carbocycles. The van der Waals surface area contributed by atoms with Gasteiger partial charge in [0.1, 0.15) is 5.60 Å². The number of carbonyl (C=O) groups is 3. The monoisotopic (exact) mass is 468 g/mol.